The lowest BCUT2D eigenvalue weighted by Crippen LogP contribution is -2.22. The largest absolute Gasteiger partial charge is 0.306 e. The molecular formula is C23H29FN2. The maximum atomic E-state index is 13.9. The Labute approximate surface area is 157 Å². The van der Waals surface area contributed by atoms with E-state index in [0.29, 0.717) is 12.8 Å². The van der Waals surface area contributed by atoms with Crippen LogP contribution < -0.4 is 0 Å². The van der Waals surface area contributed by atoms with Crippen LogP contribution in [-0.4, -0.2) is 25.0 Å². The molecule has 0 unspecified atom stereocenters. The normalized spacial score (nSPS) is 14.3. The summed E-state index contributed by atoms with van der Waals surface area (Å²) in [7, 11) is 2.19. The van der Waals surface area contributed by atoms with Crippen molar-refractivity contribution in [2.75, 3.05) is 20.1 Å². The first-order valence-corrected chi connectivity index (χ1v) is 9.39. The highest BCUT2D eigenvalue weighted by Gasteiger charge is 2.44. The van der Waals surface area contributed by atoms with Crippen molar-refractivity contribution in [3.63, 3.8) is 0 Å². The van der Waals surface area contributed by atoms with Crippen LogP contribution in [0.3, 0.4) is 0 Å². The van der Waals surface area contributed by atoms with Gasteiger partial charge < -0.3 is 4.90 Å². The summed E-state index contributed by atoms with van der Waals surface area (Å²) in [6.45, 7) is 3.62. The van der Waals surface area contributed by atoms with Crippen molar-refractivity contribution in [3.05, 3.63) is 71.3 Å². The summed E-state index contributed by atoms with van der Waals surface area (Å²) in [5.74, 6) is 0. The molecule has 1 saturated carbocycles. The number of hydrogen-bond acceptors (Lipinski definition) is 2. The minimum Gasteiger partial charge on any atom is -0.306 e. The van der Waals surface area contributed by atoms with Gasteiger partial charge in [-0.2, -0.15) is 5.26 Å². The molecule has 1 aliphatic carbocycles. The number of alkyl halides is 1. The molecular weight excluding hydrogens is 323 g/mol. The predicted molar refractivity (Wildman–Crippen MR) is 106 cm³/mol. The molecule has 0 saturated heterocycles. The molecule has 26 heavy (non-hydrogen) atoms. The van der Waals surface area contributed by atoms with Crippen LogP contribution in [0.1, 0.15) is 42.9 Å². The van der Waals surface area contributed by atoms with E-state index in [0.717, 1.165) is 37.9 Å². The van der Waals surface area contributed by atoms with Crippen LogP contribution in [-0.2, 0) is 18.5 Å². The van der Waals surface area contributed by atoms with Gasteiger partial charge in [0, 0.05) is 13.5 Å². The topological polar surface area (TPSA) is 27.0 Å². The van der Waals surface area contributed by atoms with E-state index in [1.54, 1.807) is 6.07 Å². The van der Waals surface area contributed by atoms with E-state index in [9.17, 15) is 4.39 Å². The van der Waals surface area contributed by atoms with Gasteiger partial charge in [0.25, 0.3) is 0 Å². The molecule has 0 spiro atoms. The summed E-state index contributed by atoms with van der Waals surface area (Å²) in [5, 5.41) is 7.32. The van der Waals surface area contributed by atoms with E-state index in [1.807, 2.05) is 12.1 Å². The molecule has 2 aromatic carbocycles. The van der Waals surface area contributed by atoms with Gasteiger partial charge in [0.05, 0.1) is 6.07 Å². The monoisotopic (exact) mass is 352 g/mol. The zero-order chi connectivity index (χ0) is 18.8. The summed E-state index contributed by atoms with van der Waals surface area (Å²) in [6.07, 6.45) is 4.70. The molecule has 0 aliphatic heterocycles. The summed E-state index contributed by atoms with van der Waals surface area (Å²) in [6, 6.07) is 20.5. The molecule has 0 heterocycles. The van der Waals surface area contributed by atoms with Crippen molar-refractivity contribution in [3.8, 4) is 6.07 Å². The summed E-state index contributed by atoms with van der Waals surface area (Å²) < 4.78 is 13.9. The van der Waals surface area contributed by atoms with E-state index < -0.39 is 5.67 Å². The first kappa shape index (κ1) is 20.1. The Morgan fingerprint density at radius 3 is 2.12 bits per heavy atom. The molecule has 0 N–H and O–H groups in total. The number of benzene rings is 2. The van der Waals surface area contributed by atoms with E-state index in [2.05, 4.69) is 54.4 Å². The minimum absolute atomic E-state index is 0.693. The third-order valence-electron chi connectivity index (χ3n) is 4.79. The fourth-order valence-electron chi connectivity index (χ4n) is 3.00. The number of nitriles is 1. The number of rotatable bonds is 8. The standard InChI is InChI=1S/C21H26FN.C2H3N/c1-23(17-13-18-6-3-2-4-7-18)16-5-8-19-9-11-20(12-10-19)21(22)14-15-21;1-2-3/h2-4,6-7,9-12H,5,8,13-17H2,1H3;1H3. The zero-order valence-electron chi connectivity index (χ0n) is 15.9. The van der Waals surface area contributed by atoms with Gasteiger partial charge in [0.1, 0.15) is 5.67 Å². The molecule has 0 radical (unpaired) electrons. The zero-order valence-corrected chi connectivity index (χ0v) is 15.9. The summed E-state index contributed by atoms with van der Waals surface area (Å²) >= 11 is 0. The minimum atomic E-state index is -1.00. The molecule has 1 aliphatic rings. The number of hydrogen-bond donors (Lipinski definition) is 0. The third kappa shape index (κ3) is 6.61. The van der Waals surface area contributed by atoms with Crippen molar-refractivity contribution in [2.45, 2.75) is 44.7 Å². The summed E-state index contributed by atoms with van der Waals surface area (Å²) in [5.41, 5.74) is 2.57. The van der Waals surface area contributed by atoms with E-state index in [-0.39, 0.29) is 0 Å². The Bertz CT molecular complexity index is 684. The number of likely N-dealkylation sites (N-methyl/N-ethyl adjacent to an activating group) is 1. The lowest BCUT2D eigenvalue weighted by Gasteiger charge is -2.16. The molecule has 2 nitrogen and oxygen atoms in total. The average molecular weight is 352 g/mol. The van der Waals surface area contributed by atoms with Gasteiger partial charge in [-0.15, -0.1) is 0 Å². The molecule has 1 fully saturated rings. The quantitative estimate of drug-likeness (QED) is 0.646. The van der Waals surface area contributed by atoms with Crippen molar-refractivity contribution in [2.24, 2.45) is 0 Å². The van der Waals surface area contributed by atoms with Gasteiger partial charge in [-0.1, -0.05) is 54.6 Å². The van der Waals surface area contributed by atoms with Gasteiger partial charge in [0.15, 0.2) is 0 Å². The van der Waals surface area contributed by atoms with Gasteiger partial charge in [0.2, 0.25) is 0 Å². The Morgan fingerprint density at radius 2 is 1.54 bits per heavy atom. The first-order chi connectivity index (χ1) is 12.6. The van der Waals surface area contributed by atoms with Crippen molar-refractivity contribution < 1.29 is 4.39 Å². The first-order valence-electron chi connectivity index (χ1n) is 9.39. The summed E-state index contributed by atoms with van der Waals surface area (Å²) in [4.78, 5) is 2.39. The maximum absolute atomic E-state index is 13.9. The molecule has 3 rings (SSSR count). The van der Waals surface area contributed by atoms with Gasteiger partial charge in [-0.25, -0.2) is 4.39 Å². The second-order valence-corrected chi connectivity index (χ2v) is 7.03. The van der Waals surface area contributed by atoms with Crippen LogP contribution in [0, 0.1) is 11.3 Å². The number of halogens is 1. The second kappa shape index (κ2) is 10.1. The van der Waals surface area contributed by atoms with Crippen molar-refractivity contribution in [1.29, 1.82) is 5.26 Å². The van der Waals surface area contributed by atoms with Crippen LogP contribution in [0.4, 0.5) is 4.39 Å². The van der Waals surface area contributed by atoms with Crippen molar-refractivity contribution in [1.82, 2.24) is 4.90 Å². The van der Waals surface area contributed by atoms with Crippen LogP contribution in [0.15, 0.2) is 54.6 Å². The maximum Gasteiger partial charge on any atom is 0.136 e. The smallest absolute Gasteiger partial charge is 0.136 e. The highest BCUT2D eigenvalue weighted by Crippen LogP contribution is 2.49. The number of nitrogens with zero attached hydrogens (tertiary/aromatic N) is 2. The predicted octanol–water partition coefficient (Wildman–Crippen LogP) is 5.28. The lowest BCUT2D eigenvalue weighted by atomic mass is 10.0. The average Bonchev–Trinajstić information content (AvgIpc) is 3.41. The molecule has 3 heteroatoms. The molecule has 138 valence electrons. The highest BCUT2D eigenvalue weighted by atomic mass is 19.1. The van der Waals surface area contributed by atoms with E-state index >= 15 is 0 Å². The molecule has 0 amide bonds. The van der Waals surface area contributed by atoms with Crippen LogP contribution in [0.2, 0.25) is 0 Å². The van der Waals surface area contributed by atoms with Crippen LogP contribution in [0.25, 0.3) is 0 Å². The fourth-order valence-corrected chi connectivity index (χ4v) is 3.00. The Kier molecular flexibility index (Phi) is 7.81. The molecule has 0 atom stereocenters. The van der Waals surface area contributed by atoms with E-state index in [1.165, 1.54) is 18.1 Å². The highest BCUT2D eigenvalue weighted by molar-refractivity contribution is 5.30. The molecule has 0 bridgehead atoms. The van der Waals surface area contributed by atoms with Gasteiger partial charge in [-0.3, -0.25) is 0 Å². The molecule has 0 aromatic heterocycles. The van der Waals surface area contributed by atoms with Gasteiger partial charge >= 0.3 is 0 Å². The number of aryl methyl sites for hydroxylation is 1. The second-order valence-electron chi connectivity index (χ2n) is 7.03. The Morgan fingerprint density at radius 1 is 0.962 bits per heavy atom. The molecule has 2 aromatic rings. The van der Waals surface area contributed by atoms with Crippen LogP contribution in [0.5, 0.6) is 0 Å². The van der Waals surface area contributed by atoms with Crippen molar-refractivity contribution >= 4 is 0 Å². The van der Waals surface area contributed by atoms with Crippen LogP contribution >= 0.6 is 0 Å². The van der Waals surface area contributed by atoms with E-state index in [4.69, 9.17) is 5.26 Å². The SMILES string of the molecule is CC#N.CN(CCCc1ccc(C2(F)CC2)cc1)CCc1ccccc1. The van der Waals surface area contributed by atoms with Gasteiger partial charge in [-0.05, 0) is 62.4 Å². The third-order valence-corrected chi connectivity index (χ3v) is 4.79. The fraction of sp³-hybridized carbons (Fsp3) is 0.435. The lowest BCUT2D eigenvalue weighted by molar-refractivity contribution is 0.317. The Hall–Kier alpha value is -2.18. The Balaban J connectivity index is 0.000000758.